The van der Waals surface area contributed by atoms with Gasteiger partial charge in [-0.05, 0) is 37.1 Å². The standard InChI is InChI=1S/C19H19ClN4O2S/c20-15-5-3-13(4-6-15)18-22-16(26-23-18)7-8-17(25)24-10-1-2-14(12-24)19-21-9-11-27-19/h3-6,9,11,14H,1-2,7-8,10,12H2. The average Bonchev–Trinajstić information content (AvgIpc) is 3.39. The van der Waals surface area contributed by atoms with Gasteiger partial charge in [-0.25, -0.2) is 4.98 Å². The van der Waals surface area contributed by atoms with Crippen LogP contribution in [-0.4, -0.2) is 39.0 Å². The van der Waals surface area contributed by atoms with Gasteiger partial charge in [0.15, 0.2) is 0 Å². The molecule has 6 nitrogen and oxygen atoms in total. The smallest absolute Gasteiger partial charge is 0.227 e. The molecule has 0 bridgehead atoms. The fourth-order valence-corrected chi connectivity index (χ4v) is 4.18. The van der Waals surface area contributed by atoms with Crippen molar-refractivity contribution < 1.29 is 9.32 Å². The molecule has 1 amide bonds. The van der Waals surface area contributed by atoms with E-state index >= 15 is 0 Å². The Hall–Kier alpha value is -2.25. The van der Waals surface area contributed by atoms with Gasteiger partial charge in [-0.3, -0.25) is 4.79 Å². The summed E-state index contributed by atoms with van der Waals surface area (Å²) in [6.45, 7) is 1.55. The summed E-state index contributed by atoms with van der Waals surface area (Å²) in [6.07, 6.45) is 4.74. The summed E-state index contributed by atoms with van der Waals surface area (Å²) in [7, 11) is 0. The molecule has 1 aliphatic rings. The van der Waals surface area contributed by atoms with E-state index in [1.165, 1.54) is 0 Å². The zero-order valence-electron chi connectivity index (χ0n) is 14.7. The fourth-order valence-electron chi connectivity index (χ4n) is 3.29. The second-order valence-electron chi connectivity index (χ2n) is 6.57. The summed E-state index contributed by atoms with van der Waals surface area (Å²) >= 11 is 7.56. The Morgan fingerprint density at radius 1 is 1.33 bits per heavy atom. The molecule has 3 heterocycles. The number of likely N-dealkylation sites (tertiary alicyclic amines) is 1. The van der Waals surface area contributed by atoms with Crippen molar-refractivity contribution >= 4 is 28.8 Å². The van der Waals surface area contributed by atoms with Crippen molar-refractivity contribution in [2.75, 3.05) is 13.1 Å². The zero-order chi connectivity index (χ0) is 18.6. The van der Waals surface area contributed by atoms with Crippen LogP contribution in [0.15, 0.2) is 40.4 Å². The van der Waals surface area contributed by atoms with E-state index in [0.29, 0.717) is 35.5 Å². The minimum Gasteiger partial charge on any atom is -0.342 e. The number of aromatic nitrogens is 3. The van der Waals surface area contributed by atoms with Crippen molar-refractivity contribution in [2.24, 2.45) is 0 Å². The number of hydrogen-bond acceptors (Lipinski definition) is 6. The van der Waals surface area contributed by atoms with Crippen LogP contribution in [0, 0.1) is 0 Å². The number of hydrogen-bond donors (Lipinski definition) is 0. The number of carbonyl (C=O) groups is 1. The molecular formula is C19H19ClN4O2S. The van der Waals surface area contributed by atoms with E-state index < -0.39 is 0 Å². The van der Waals surface area contributed by atoms with Crippen molar-refractivity contribution in [3.05, 3.63) is 51.8 Å². The van der Waals surface area contributed by atoms with E-state index in [1.54, 1.807) is 23.5 Å². The van der Waals surface area contributed by atoms with Crippen molar-refractivity contribution in [1.29, 1.82) is 0 Å². The van der Waals surface area contributed by atoms with E-state index in [4.69, 9.17) is 16.1 Å². The van der Waals surface area contributed by atoms with Gasteiger partial charge in [-0.1, -0.05) is 16.8 Å². The molecule has 1 unspecified atom stereocenters. The Bertz CT molecular complexity index is 895. The summed E-state index contributed by atoms with van der Waals surface area (Å²) in [5.74, 6) is 1.46. The molecular weight excluding hydrogens is 384 g/mol. The summed E-state index contributed by atoms with van der Waals surface area (Å²) in [5, 5.41) is 7.76. The molecule has 8 heteroatoms. The monoisotopic (exact) mass is 402 g/mol. The maximum Gasteiger partial charge on any atom is 0.227 e. The average molecular weight is 403 g/mol. The second kappa shape index (κ2) is 8.19. The lowest BCUT2D eigenvalue weighted by Gasteiger charge is -2.31. The van der Waals surface area contributed by atoms with Gasteiger partial charge in [0.05, 0.1) is 5.01 Å². The van der Waals surface area contributed by atoms with Gasteiger partial charge in [0.2, 0.25) is 17.6 Å². The third-order valence-corrected chi connectivity index (χ3v) is 5.89. The van der Waals surface area contributed by atoms with Crippen LogP contribution in [0.1, 0.15) is 36.1 Å². The molecule has 4 rings (SSSR count). The fraction of sp³-hybridized carbons (Fsp3) is 0.368. The van der Waals surface area contributed by atoms with Crippen LogP contribution < -0.4 is 0 Å². The Labute approximate surface area is 166 Å². The highest BCUT2D eigenvalue weighted by molar-refractivity contribution is 7.09. The number of thiazole rings is 1. The first kappa shape index (κ1) is 18.1. The van der Waals surface area contributed by atoms with Crippen molar-refractivity contribution in [3.8, 4) is 11.4 Å². The molecule has 0 spiro atoms. The Kier molecular flexibility index (Phi) is 5.50. The molecule has 0 N–H and O–H groups in total. The zero-order valence-corrected chi connectivity index (χ0v) is 16.2. The minimum atomic E-state index is 0.127. The molecule has 1 fully saturated rings. The van der Waals surface area contributed by atoms with Crippen LogP contribution in [-0.2, 0) is 11.2 Å². The number of carbonyl (C=O) groups excluding carboxylic acids is 1. The molecule has 1 saturated heterocycles. The molecule has 0 saturated carbocycles. The third-order valence-electron chi connectivity index (χ3n) is 4.70. The number of piperidine rings is 1. The molecule has 1 aromatic carbocycles. The topological polar surface area (TPSA) is 72.1 Å². The minimum absolute atomic E-state index is 0.127. The highest BCUT2D eigenvalue weighted by atomic mass is 35.5. The normalized spacial score (nSPS) is 17.2. The molecule has 1 aliphatic heterocycles. The lowest BCUT2D eigenvalue weighted by molar-refractivity contribution is -0.132. The number of benzene rings is 1. The predicted molar refractivity (Wildman–Crippen MR) is 104 cm³/mol. The molecule has 140 valence electrons. The maximum absolute atomic E-state index is 12.6. The number of rotatable bonds is 5. The highest BCUT2D eigenvalue weighted by Crippen LogP contribution is 2.28. The van der Waals surface area contributed by atoms with Gasteiger partial charge in [0.1, 0.15) is 0 Å². The van der Waals surface area contributed by atoms with Gasteiger partial charge in [-0.2, -0.15) is 4.98 Å². The summed E-state index contributed by atoms with van der Waals surface area (Å²) in [5.41, 5.74) is 0.836. The lowest BCUT2D eigenvalue weighted by Crippen LogP contribution is -2.39. The van der Waals surface area contributed by atoms with Crippen molar-refractivity contribution in [3.63, 3.8) is 0 Å². The first-order valence-electron chi connectivity index (χ1n) is 8.95. The Morgan fingerprint density at radius 3 is 2.96 bits per heavy atom. The summed E-state index contributed by atoms with van der Waals surface area (Å²) in [6, 6.07) is 7.25. The van der Waals surface area contributed by atoms with E-state index in [2.05, 4.69) is 15.1 Å². The predicted octanol–water partition coefficient (Wildman–Crippen LogP) is 4.19. The van der Waals surface area contributed by atoms with Crippen LogP contribution >= 0.6 is 22.9 Å². The third kappa shape index (κ3) is 4.36. The van der Waals surface area contributed by atoms with Gasteiger partial charge in [-0.15, -0.1) is 11.3 Å². The van der Waals surface area contributed by atoms with E-state index in [9.17, 15) is 4.79 Å². The quantitative estimate of drug-likeness (QED) is 0.640. The highest BCUT2D eigenvalue weighted by Gasteiger charge is 2.26. The van der Waals surface area contributed by atoms with Crippen LogP contribution in [0.4, 0.5) is 0 Å². The van der Waals surface area contributed by atoms with Gasteiger partial charge in [0, 0.05) is 54.0 Å². The Morgan fingerprint density at radius 2 is 2.19 bits per heavy atom. The van der Waals surface area contributed by atoms with Crippen molar-refractivity contribution in [2.45, 2.75) is 31.6 Å². The SMILES string of the molecule is O=C(CCc1nc(-c2ccc(Cl)cc2)no1)N1CCCC(c2nccs2)C1. The Balaban J connectivity index is 1.33. The van der Waals surface area contributed by atoms with E-state index in [0.717, 1.165) is 36.5 Å². The van der Waals surface area contributed by atoms with Gasteiger partial charge in [0.25, 0.3) is 0 Å². The molecule has 27 heavy (non-hydrogen) atoms. The lowest BCUT2D eigenvalue weighted by atomic mass is 9.98. The van der Waals surface area contributed by atoms with Gasteiger partial charge >= 0.3 is 0 Å². The molecule has 1 atom stereocenters. The first-order chi connectivity index (χ1) is 13.2. The van der Waals surface area contributed by atoms with Gasteiger partial charge < -0.3 is 9.42 Å². The number of aryl methyl sites for hydroxylation is 1. The largest absolute Gasteiger partial charge is 0.342 e. The summed E-state index contributed by atoms with van der Waals surface area (Å²) < 4.78 is 5.29. The number of halogens is 1. The number of nitrogens with zero attached hydrogens (tertiary/aromatic N) is 4. The molecule has 3 aromatic rings. The van der Waals surface area contributed by atoms with Crippen LogP contribution in [0.25, 0.3) is 11.4 Å². The van der Waals surface area contributed by atoms with Crippen LogP contribution in [0.3, 0.4) is 0 Å². The molecule has 0 radical (unpaired) electrons. The van der Waals surface area contributed by atoms with Crippen molar-refractivity contribution in [1.82, 2.24) is 20.0 Å². The molecule has 2 aromatic heterocycles. The first-order valence-corrected chi connectivity index (χ1v) is 10.2. The number of amides is 1. The molecule has 0 aliphatic carbocycles. The second-order valence-corrected chi connectivity index (χ2v) is 7.93. The van der Waals surface area contributed by atoms with Crippen LogP contribution in [0.5, 0.6) is 0 Å². The van der Waals surface area contributed by atoms with Crippen LogP contribution in [0.2, 0.25) is 5.02 Å². The summed E-state index contributed by atoms with van der Waals surface area (Å²) in [4.78, 5) is 23.3. The van der Waals surface area contributed by atoms with E-state index in [1.807, 2.05) is 28.6 Å². The van der Waals surface area contributed by atoms with E-state index in [-0.39, 0.29) is 5.91 Å². The maximum atomic E-state index is 12.6.